The summed E-state index contributed by atoms with van der Waals surface area (Å²) in [6.07, 6.45) is 2.15. The number of rotatable bonds is 6. The van der Waals surface area contributed by atoms with Crippen LogP contribution in [-0.4, -0.2) is 34.9 Å². The van der Waals surface area contributed by atoms with E-state index >= 15 is 0 Å². The standard InChI is InChI=1S/C12H20N2O2/c1-3-7-14(8-9-15)12-11(10(2)16)5-4-6-13-12/h4-6,10,15-16H,3,7-9H2,1-2H3/t10-/m1/s1. The fraction of sp³-hybridized carbons (Fsp3) is 0.583. The van der Waals surface area contributed by atoms with Crippen molar-refractivity contribution in [3.05, 3.63) is 23.9 Å². The molecule has 0 saturated heterocycles. The summed E-state index contributed by atoms with van der Waals surface area (Å²) in [5.41, 5.74) is 0.810. The maximum Gasteiger partial charge on any atom is 0.134 e. The van der Waals surface area contributed by atoms with Crippen LogP contribution in [0, 0.1) is 0 Å². The van der Waals surface area contributed by atoms with E-state index in [1.165, 1.54) is 0 Å². The van der Waals surface area contributed by atoms with Crippen molar-refractivity contribution in [3.63, 3.8) is 0 Å². The molecule has 0 unspecified atom stereocenters. The number of aliphatic hydroxyl groups excluding tert-OH is 2. The predicted molar refractivity (Wildman–Crippen MR) is 64.5 cm³/mol. The van der Waals surface area contributed by atoms with E-state index in [0.717, 1.165) is 24.3 Å². The highest BCUT2D eigenvalue weighted by atomic mass is 16.3. The van der Waals surface area contributed by atoms with Crippen molar-refractivity contribution < 1.29 is 10.2 Å². The van der Waals surface area contributed by atoms with Gasteiger partial charge in [0.15, 0.2) is 0 Å². The maximum absolute atomic E-state index is 9.66. The number of aliphatic hydroxyl groups is 2. The second-order valence-electron chi connectivity index (χ2n) is 3.80. The minimum Gasteiger partial charge on any atom is -0.395 e. The Morgan fingerprint density at radius 1 is 1.44 bits per heavy atom. The third-order valence-corrected chi connectivity index (χ3v) is 2.43. The molecule has 90 valence electrons. The van der Waals surface area contributed by atoms with Gasteiger partial charge in [-0.3, -0.25) is 0 Å². The van der Waals surface area contributed by atoms with E-state index in [1.807, 2.05) is 17.0 Å². The van der Waals surface area contributed by atoms with Crippen LogP contribution in [-0.2, 0) is 0 Å². The average molecular weight is 224 g/mol. The number of aromatic nitrogens is 1. The molecule has 1 heterocycles. The number of nitrogens with zero attached hydrogens (tertiary/aromatic N) is 2. The van der Waals surface area contributed by atoms with Crippen LogP contribution in [0.2, 0.25) is 0 Å². The first-order valence-corrected chi connectivity index (χ1v) is 5.69. The Labute approximate surface area is 96.6 Å². The molecule has 0 aromatic carbocycles. The fourth-order valence-corrected chi connectivity index (χ4v) is 1.71. The molecule has 4 heteroatoms. The van der Waals surface area contributed by atoms with Gasteiger partial charge in [0, 0.05) is 24.8 Å². The SMILES string of the molecule is CCCN(CCO)c1ncccc1[C@@H](C)O. The van der Waals surface area contributed by atoms with Gasteiger partial charge in [0.05, 0.1) is 12.7 Å². The molecule has 0 spiro atoms. The van der Waals surface area contributed by atoms with Gasteiger partial charge in [0.25, 0.3) is 0 Å². The molecule has 1 rings (SSSR count). The van der Waals surface area contributed by atoms with E-state index in [4.69, 9.17) is 5.11 Å². The quantitative estimate of drug-likeness (QED) is 0.765. The summed E-state index contributed by atoms with van der Waals surface area (Å²) < 4.78 is 0. The van der Waals surface area contributed by atoms with Gasteiger partial charge in [-0.25, -0.2) is 4.98 Å². The molecule has 0 saturated carbocycles. The van der Waals surface area contributed by atoms with Gasteiger partial charge in [-0.2, -0.15) is 0 Å². The normalized spacial score (nSPS) is 12.5. The molecule has 0 amide bonds. The monoisotopic (exact) mass is 224 g/mol. The maximum atomic E-state index is 9.66. The van der Waals surface area contributed by atoms with Crippen LogP contribution < -0.4 is 4.90 Å². The fourth-order valence-electron chi connectivity index (χ4n) is 1.71. The van der Waals surface area contributed by atoms with Gasteiger partial charge >= 0.3 is 0 Å². The second kappa shape index (κ2) is 6.45. The van der Waals surface area contributed by atoms with Crippen LogP contribution in [0.15, 0.2) is 18.3 Å². The van der Waals surface area contributed by atoms with Crippen LogP contribution in [0.5, 0.6) is 0 Å². The van der Waals surface area contributed by atoms with Crippen molar-refractivity contribution in [2.75, 3.05) is 24.6 Å². The van der Waals surface area contributed by atoms with E-state index in [9.17, 15) is 5.11 Å². The summed E-state index contributed by atoms with van der Waals surface area (Å²) in [6.45, 7) is 5.27. The largest absolute Gasteiger partial charge is 0.395 e. The Morgan fingerprint density at radius 3 is 2.75 bits per heavy atom. The number of anilines is 1. The van der Waals surface area contributed by atoms with Gasteiger partial charge in [0.2, 0.25) is 0 Å². The third kappa shape index (κ3) is 3.18. The number of pyridine rings is 1. The van der Waals surface area contributed by atoms with E-state index < -0.39 is 6.10 Å². The van der Waals surface area contributed by atoms with Gasteiger partial charge in [0.1, 0.15) is 5.82 Å². The molecule has 4 nitrogen and oxygen atoms in total. The minimum atomic E-state index is -0.540. The van der Waals surface area contributed by atoms with Crippen molar-refractivity contribution in [2.45, 2.75) is 26.4 Å². The van der Waals surface area contributed by atoms with E-state index in [-0.39, 0.29) is 6.61 Å². The summed E-state index contributed by atoms with van der Waals surface area (Å²) >= 11 is 0. The summed E-state index contributed by atoms with van der Waals surface area (Å²) in [5, 5.41) is 18.7. The van der Waals surface area contributed by atoms with E-state index in [1.54, 1.807) is 13.1 Å². The van der Waals surface area contributed by atoms with Gasteiger partial charge < -0.3 is 15.1 Å². The molecule has 0 aliphatic carbocycles. The first kappa shape index (κ1) is 12.9. The molecule has 16 heavy (non-hydrogen) atoms. The van der Waals surface area contributed by atoms with Crippen molar-refractivity contribution >= 4 is 5.82 Å². The molecule has 0 aliphatic heterocycles. The summed E-state index contributed by atoms with van der Waals surface area (Å²) in [5.74, 6) is 0.772. The Hall–Kier alpha value is -1.13. The van der Waals surface area contributed by atoms with Crippen LogP contribution in [0.4, 0.5) is 5.82 Å². The molecule has 1 aromatic heterocycles. The zero-order valence-electron chi connectivity index (χ0n) is 9.93. The predicted octanol–water partition coefficient (Wildman–Crippen LogP) is 1.34. The summed E-state index contributed by atoms with van der Waals surface area (Å²) in [6, 6.07) is 3.68. The third-order valence-electron chi connectivity index (χ3n) is 2.43. The summed E-state index contributed by atoms with van der Waals surface area (Å²) in [4.78, 5) is 6.29. The van der Waals surface area contributed by atoms with Crippen molar-refractivity contribution in [1.82, 2.24) is 4.98 Å². The highest BCUT2D eigenvalue weighted by molar-refractivity contribution is 5.47. The Bertz CT molecular complexity index is 310. The minimum absolute atomic E-state index is 0.0931. The lowest BCUT2D eigenvalue weighted by Crippen LogP contribution is -2.29. The van der Waals surface area contributed by atoms with Gasteiger partial charge in [-0.1, -0.05) is 13.0 Å². The highest BCUT2D eigenvalue weighted by Gasteiger charge is 2.14. The molecule has 0 fully saturated rings. The zero-order chi connectivity index (χ0) is 12.0. The highest BCUT2D eigenvalue weighted by Crippen LogP contribution is 2.23. The van der Waals surface area contributed by atoms with Crippen LogP contribution in [0.25, 0.3) is 0 Å². The van der Waals surface area contributed by atoms with Crippen molar-refractivity contribution in [3.8, 4) is 0 Å². The smallest absolute Gasteiger partial charge is 0.134 e. The topological polar surface area (TPSA) is 56.6 Å². The lowest BCUT2D eigenvalue weighted by Gasteiger charge is -2.25. The molecule has 1 atom stereocenters. The summed E-state index contributed by atoms with van der Waals surface area (Å²) in [7, 11) is 0. The lowest BCUT2D eigenvalue weighted by atomic mass is 10.1. The zero-order valence-corrected chi connectivity index (χ0v) is 9.93. The molecule has 0 bridgehead atoms. The molecular weight excluding hydrogens is 204 g/mol. The van der Waals surface area contributed by atoms with E-state index in [0.29, 0.717) is 6.54 Å². The first-order valence-electron chi connectivity index (χ1n) is 5.69. The molecule has 0 aliphatic rings. The molecule has 2 N–H and O–H groups in total. The van der Waals surface area contributed by atoms with Crippen molar-refractivity contribution in [2.24, 2.45) is 0 Å². The van der Waals surface area contributed by atoms with Crippen LogP contribution in [0.1, 0.15) is 31.9 Å². The van der Waals surface area contributed by atoms with E-state index in [2.05, 4.69) is 11.9 Å². The van der Waals surface area contributed by atoms with Crippen LogP contribution >= 0.6 is 0 Å². The Kier molecular flexibility index (Phi) is 5.22. The Morgan fingerprint density at radius 2 is 2.19 bits per heavy atom. The van der Waals surface area contributed by atoms with Crippen LogP contribution in [0.3, 0.4) is 0 Å². The Balaban J connectivity index is 2.97. The van der Waals surface area contributed by atoms with Crippen molar-refractivity contribution in [1.29, 1.82) is 0 Å². The van der Waals surface area contributed by atoms with Gasteiger partial charge in [-0.05, 0) is 19.4 Å². The molecule has 0 radical (unpaired) electrons. The number of hydrogen-bond donors (Lipinski definition) is 2. The molecular formula is C12H20N2O2. The second-order valence-corrected chi connectivity index (χ2v) is 3.80. The number of hydrogen-bond acceptors (Lipinski definition) is 4. The van der Waals surface area contributed by atoms with Gasteiger partial charge in [-0.15, -0.1) is 0 Å². The average Bonchev–Trinajstić information content (AvgIpc) is 2.29. The molecule has 1 aromatic rings. The lowest BCUT2D eigenvalue weighted by molar-refractivity contribution is 0.199. The first-order chi connectivity index (χ1) is 7.70.